The Labute approximate surface area is 103 Å². The van der Waals surface area contributed by atoms with Gasteiger partial charge < -0.3 is 14.7 Å². The summed E-state index contributed by atoms with van der Waals surface area (Å²) in [6.45, 7) is 8.39. The van der Waals surface area contributed by atoms with E-state index < -0.39 is 11.4 Å². The Balaban J connectivity index is 1.94. The van der Waals surface area contributed by atoms with Crippen LogP contribution in [-0.4, -0.2) is 48.8 Å². The van der Waals surface area contributed by atoms with Gasteiger partial charge in [0.2, 0.25) is 0 Å². The molecule has 2 fully saturated rings. The van der Waals surface area contributed by atoms with Crippen molar-refractivity contribution in [3.63, 3.8) is 0 Å². The van der Waals surface area contributed by atoms with Crippen molar-refractivity contribution in [3.8, 4) is 0 Å². The fourth-order valence-corrected chi connectivity index (χ4v) is 3.06. The van der Waals surface area contributed by atoms with Gasteiger partial charge >= 0.3 is 5.97 Å². The summed E-state index contributed by atoms with van der Waals surface area (Å²) >= 11 is 0. The van der Waals surface area contributed by atoms with Crippen LogP contribution in [-0.2, 0) is 9.53 Å². The summed E-state index contributed by atoms with van der Waals surface area (Å²) in [4.78, 5) is 13.8. The molecule has 1 N–H and O–H groups in total. The minimum atomic E-state index is -0.627. The number of rotatable bonds is 4. The molecule has 0 radical (unpaired) electrons. The van der Waals surface area contributed by atoms with Crippen LogP contribution in [0.4, 0.5) is 0 Å². The number of ether oxygens (including phenoxy) is 1. The molecule has 0 aromatic rings. The predicted molar refractivity (Wildman–Crippen MR) is 64.9 cm³/mol. The second-order valence-electron chi connectivity index (χ2n) is 5.83. The van der Waals surface area contributed by atoms with Gasteiger partial charge in [0.25, 0.3) is 0 Å². The lowest BCUT2D eigenvalue weighted by Gasteiger charge is -2.29. The van der Waals surface area contributed by atoms with E-state index in [4.69, 9.17) is 4.74 Å². The number of hydrogen-bond donors (Lipinski definition) is 1. The first-order valence-corrected chi connectivity index (χ1v) is 6.58. The minimum absolute atomic E-state index is 0.199. The van der Waals surface area contributed by atoms with E-state index in [0.29, 0.717) is 12.5 Å². The number of hydrogen-bond acceptors (Lipinski definition) is 3. The van der Waals surface area contributed by atoms with Crippen molar-refractivity contribution in [3.05, 3.63) is 0 Å². The van der Waals surface area contributed by atoms with Crippen molar-refractivity contribution < 1.29 is 14.6 Å². The third-order valence-corrected chi connectivity index (χ3v) is 4.45. The van der Waals surface area contributed by atoms with Gasteiger partial charge in [-0.2, -0.15) is 0 Å². The second-order valence-corrected chi connectivity index (χ2v) is 5.83. The first kappa shape index (κ1) is 12.8. The number of aliphatic carboxylic acids is 1. The van der Waals surface area contributed by atoms with Crippen LogP contribution in [0.2, 0.25) is 0 Å². The van der Waals surface area contributed by atoms with Crippen LogP contribution in [0.15, 0.2) is 0 Å². The smallest absolute Gasteiger partial charge is 0.311 e. The third kappa shape index (κ3) is 2.47. The van der Waals surface area contributed by atoms with Crippen LogP contribution < -0.4 is 0 Å². The van der Waals surface area contributed by atoms with Gasteiger partial charge in [-0.25, -0.2) is 0 Å². The number of carboxylic acid groups (broad SMARTS) is 1. The fourth-order valence-electron chi connectivity index (χ4n) is 3.06. The monoisotopic (exact) mass is 241 g/mol. The molecule has 0 aliphatic carbocycles. The number of nitrogens with zero attached hydrogens (tertiary/aromatic N) is 1. The number of carboxylic acids is 1. The molecule has 0 amide bonds. The quantitative estimate of drug-likeness (QED) is 0.809. The van der Waals surface area contributed by atoms with E-state index in [9.17, 15) is 9.90 Å². The zero-order chi connectivity index (χ0) is 12.5. The SMILES string of the molecule is CC(C)C1(C(=O)O)CCN(CC2CCOC2)C1. The highest BCUT2D eigenvalue weighted by atomic mass is 16.5. The van der Waals surface area contributed by atoms with Gasteiger partial charge in [0, 0.05) is 19.7 Å². The van der Waals surface area contributed by atoms with Crippen LogP contribution in [0.25, 0.3) is 0 Å². The van der Waals surface area contributed by atoms with Crippen LogP contribution in [0, 0.1) is 17.3 Å². The van der Waals surface area contributed by atoms with E-state index >= 15 is 0 Å². The summed E-state index contributed by atoms with van der Waals surface area (Å²) in [7, 11) is 0. The normalized spacial score (nSPS) is 34.6. The molecule has 4 heteroatoms. The minimum Gasteiger partial charge on any atom is -0.481 e. The van der Waals surface area contributed by atoms with Gasteiger partial charge in [-0.15, -0.1) is 0 Å². The molecule has 2 saturated heterocycles. The lowest BCUT2D eigenvalue weighted by atomic mass is 9.76. The van der Waals surface area contributed by atoms with Crippen LogP contribution in [0.3, 0.4) is 0 Å². The van der Waals surface area contributed by atoms with Crippen molar-refractivity contribution in [2.75, 3.05) is 32.8 Å². The Morgan fingerprint density at radius 3 is 2.82 bits per heavy atom. The van der Waals surface area contributed by atoms with Crippen LogP contribution in [0.5, 0.6) is 0 Å². The standard InChI is InChI=1S/C13H23NO3/c1-10(2)13(12(15)16)4-5-14(9-13)7-11-3-6-17-8-11/h10-11H,3-9H2,1-2H3,(H,15,16). The van der Waals surface area contributed by atoms with Crippen molar-refractivity contribution in [1.29, 1.82) is 0 Å². The fraction of sp³-hybridized carbons (Fsp3) is 0.923. The zero-order valence-electron chi connectivity index (χ0n) is 10.8. The van der Waals surface area contributed by atoms with E-state index in [-0.39, 0.29) is 5.92 Å². The molecule has 2 heterocycles. The molecular weight excluding hydrogens is 218 g/mol. The second kappa shape index (κ2) is 4.94. The van der Waals surface area contributed by atoms with Gasteiger partial charge in [-0.1, -0.05) is 13.8 Å². The lowest BCUT2D eigenvalue weighted by molar-refractivity contribution is -0.151. The molecule has 0 spiro atoms. The molecule has 4 nitrogen and oxygen atoms in total. The van der Waals surface area contributed by atoms with E-state index in [2.05, 4.69) is 4.90 Å². The average Bonchev–Trinajstić information content (AvgIpc) is 2.87. The topological polar surface area (TPSA) is 49.8 Å². The van der Waals surface area contributed by atoms with Gasteiger partial charge in [-0.05, 0) is 31.2 Å². The summed E-state index contributed by atoms with van der Waals surface area (Å²) in [5.74, 6) is 0.175. The third-order valence-electron chi connectivity index (χ3n) is 4.45. The Morgan fingerprint density at radius 2 is 2.35 bits per heavy atom. The van der Waals surface area contributed by atoms with E-state index in [1.165, 1.54) is 0 Å². The predicted octanol–water partition coefficient (Wildman–Crippen LogP) is 1.46. The van der Waals surface area contributed by atoms with Gasteiger partial charge in [-0.3, -0.25) is 4.79 Å². The highest BCUT2D eigenvalue weighted by Crippen LogP contribution is 2.38. The van der Waals surface area contributed by atoms with Crippen LogP contribution in [0.1, 0.15) is 26.7 Å². The molecule has 98 valence electrons. The Morgan fingerprint density at radius 1 is 1.59 bits per heavy atom. The molecule has 2 unspecified atom stereocenters. The number of carbonyl (C=O) groups is 1. The lowest BCUT2D eigenvalue weighted by Crippen LogP contribution is -2.40. The van der Waals surface area contributed by atoms with Gasteiger partial charge in [0.05, 0.1) is 12.0 Å². The summed E-state index contributed by atoms with van der Waals surface area (Å²) in [6.07, 6.45) is 1.91. The molecule has 0 aromatic heterocycles. The summed E-state index contributed by atoms with van der Waals surface area (Å²) < 4.78 is 5.37. The van der Waals surface area contributed by atoms with Gasteiger partial charge in [0.15, 0.2) is 0 Å². The van der Waals surface area contributed by atoms with Gasteiger partial charge in [0.1, 0.15) is 0 Å². The molecule has 2 aliphatic rings. The molecule has 2 atom stereocenters. The Bertz CT molecular complexity index is 286. The zero-order valence-corrected chi connectivity index (χ0v) is 10.8. The van der Waals surface area contributed by atoms with E-state index in [1.54, 1.807) is 0 Å². The Kier molecular flexibility index (Phi) is 3.73. The number of likely N-dealkylation sites (tertiary alicyclic amines) is 1. The molecule has 0 bridgehead atoms. The highest BCUT2D eigenvalue weighted by Gasteiger charge is 2.47. The first-order chi connectivity index (χ1) is 8.04. The maximum Gasteiger partial charge on any atom is 0.311 e. The summed E-state index contributed by atoms with van der Waals surface area (Å²) in [5, 5.41) is 9.46. The van der Waals surface area contributed by atoms with Crippen molar-refractivity contribution in [2.45, 2.75) is 26.7 Å². The molecule has 17 heavy (non-hydrogen) atoms. The molecule has 2 rings (SSSR count). The van der Waals surface area contributed by atoms with E-state index in [0.717, 1.165) is 39.1 Å². The maximum atomic E-state index is 11.5. The van der Waals surface area contributed by atoms with E-state index in [1.807, 2.05) is 13.8 Å². The molecular formula is C13H23NO3. The average molecular weight is 241 g/mol. The largest absolute Gasteiger partial charge is 0.481 e. The molecule has 0 saturated carbocycles. The Hall–Kier alpha value is -0.610. The maximum absolute atomic E-state index is 11.5. The molecule has 2 aliphatic heterocycles. The summed E-state index contributed by atoms with van der Waals surface area (Å²) in [6, 6.07) is 0. The first-order valence-electron chi connectivity index (χ1n) is 6.58. The van der Waals surface area contributed by atoms with Crippen molar-refractivity contribution in [1.82, 2.24) is 4.90 Å². The highest BCUT2D eigenvalue weighted by molar-refractivity contribution is 5.75. The van der Waals surface area contributed by atoms with Crippen molar-refractivity contribution in [2.24, 2.45) is 17.3 Å². The summed E-state index contributed by atoms with van der Waals surface area (Å²) in [5.41, 5.74) is -0.528. The van der Waals surface area contributed by atoms with Crippen LogP contribution >= 0.6 is 0 Å². The van der Waals surface area contributed by atoms with Crippen molar-refractivity contribution >= 4 is 5.97 Å². The molecule has 0 aromatic carbocycles.